The number of methoxy groups -OCH3 is 1. The first kappa shape index (κ1) is 14.1. The molecule has 2 rings (SSSR count). The van der Waals surface area contributed by atoms with Crippen molar-refractivity contribution < 1.29 is 4.74 Å². The Hall–Kier alpha value is -0.360. The van der Waals surface area contributed by atoms with E-state index in [2.05, 4.69) is 25.8 Å². The molecule has 1 saturated heterocycles. The van der Waals surface area contributed by atoms with Gasteiger partial charge in [0, 0.05) is 37.4 Å². The fourth-order valence-electron chi connectivity index (χ4n) is 2.26. The molecule has 0 atom stereocenters. The molecule has 18 heavy (non-hydrogen) atoms. The molecule has 6 heteroatoms. The van der Waals surface area contributed by atoms with Gasteiger partial charge in [0.15, 0.2) is 0 Å². The highest BCUT2D eigenvalue weighted by Crippen LogP contribution is 2.31. The number of anilines is 1. The lowest BCUT2D eigenvalue weighted by molar-refractivity contribution is -0.0216. The van der Waals surface area contributed by atoms with E-state index in [4.69, 9.17) is 22.1 Å². The molecule has 0 aliphatic carbocycles. The van der Waals surface area contributed by atoms with Crippen LogP contribution in [0.2, 0.25) is 5.02 Å². The van der Waals surface area contributed by atoms with Crippen LogP contribution in [0.15, 0.2) is 16.7 Å². The van der Waals surface area contributed by atoms with Gasteiger partial charge in [-0.2, -0.15) is 0 Å². The van der Waals surface area contributed by atoms with Gasteiger partial charge in [0.2, 0.25) is 0 Å². The Bertz CT molecular complexity index is 416. The van der Waals surface area contributed by atoms with Gasteiger partial charge in [0.1, 0.15) is 5.82 Å². The van der Waals surface area contributed by atoms with Crippen LogP contribution in [0.4, 0.5) is 5.82 Å². The molecule has 0 unspecified atom stereocenters. The predicted molar refractivity (Wildman–Crippen MR) is 77.2 cm³/mol. The number of hydrogen-bond donors (Lipinski definition) is 1. The summed E-state index contributed by atoms with van der Waals surface area (Å²) in [7, 11) is 1.73. The summed E-state index contributed by atoms with van der Waals surface area (Å²) in [5, 5.41) is 0.669. The van der Waals surface area contributed by atoms with Crippen LogP contribution in [0.5, 0.6) is 0 Å². The summed E-state index contributed by atoms with van der Waals surface area (Å²) in [5.74, 6) is 0.835. The van der Waals surface area contributed by atoms with Crippen LogP contribution in [0.25, 0.3) is 0 Å². The van der Waals surface area contributed by atoms with Crippen LogP contribution in [-0.2, 0) is 4.74 Å². The maximum absolute atomic E-state index is 6.21. The average Bonchev–Trinajstić information content (AvgIpc) is 2.39. The van der Waals surface area contributed by atoms with E-state index in [0.29, 0.717) is 11.6 Å². The minimum absolute atomic E-state index is 0.182. The molecule has 0 bridgehead atoms. The molecule has 0 aromatic carbocycles. The van der Waals surface area contributed by atoms with Crippen LogP contribution in [0.3, 0.4) is 0 Å². The van der Waals surface area contributed by atoms with Crippen LogP contribution < -0.4 is 10.6 Å². The summed E-state index contributed by atoms with van der Waals surface area (Å²) in [6.45, 7) is 2.28. The molecular weight excluding hydrogens is 318 g/mol. The topological polar surface area (TPSA) is 51.4 Å². The predicted octanol–water partition coefficient (Wildman–Crippen LogP) is 2.44. The van der Waals surface area contributed by atoms with Gasteiger partial charge < -0.3 is 15.4 Å². The van der Waals surface area contributed by atoms with Crippen LogP contribution >= 0.6 is 27.5 Å². The minimum Gasteiger partial charge on any atom is -0.377 e. The Kier molecular flexibility index (Phi) is 4.48. The highest BCUT2D eigenvalue weighted by molar-refractivity contribution is 9.10. The summed E-state index contributed by atoms with van der Waals surface area (Å²) in [5.41, 5.74) is 5.61. The number of halogens is 2. The third-order valence-electron chi connectivity index (χ3n) is 3.57. The quantitative estimate of drug-likeness (QED) is 0.922. The Morgan fingerprint density at radius 3 is 2.72 bits per heavy atom. The van der Waals surface area contributed by atoms with Gasteiger partial charge in [-0.05, 0) is 34.8 Å². The lowest BCUT2D eigenvalue weighted by Crippen LogP contribution is -2.50. The molecule has 1 aromatic heterocycles. The minimum atomic E-state index is -0.182. The summed E-state index contributed by atoms with van der Waals surface area (Å²) in [6.07, 6.45) is 3.56. The molecule has 0 amide bonds. The van der Waals surface area contributed by atoms with Crippen LogP contribution in [-0.4, -0.2) is 37.3 Å². The van der Waals surface area contributed by atoms with Crippen molar-refractivity contribution in [2.24, 2.45) is 5.73 Å². The maximum atomic E-state index is 6.21. The van der Waals surface area contributed by atoms with E-state index in [-0.39, 0.29) is 5.60 Å². The van der Waals surface area contributed by atoms with Gasteiger partial charge >= 0.3 is 0 Å². The number of hydrogen-bond acceptors (Lipinski definition) is 4. The van der Waals surface area contributed by atoms with Crippen molar-refractivity contribution in [1.82, 2.24) is 4.98 Å². The third-order valence-corrected chi connectivity index (χ3v) is 4.28. The van der Waals surface area contributed by atoms with Crippen molar-refractivity contribution in [3.8, 4) is 0 Å². The van der Waals surface area contributed by atoms with Gasteiger partial charge in [0.05, 0.1) is 10.6 Å². The largest absolute Gasteiger partial charge is 0.377 e. The van der Waals surface area contributed by atoms with Crippen molar-refractivity contribution in [3.05, 3.63) is 21.8 Å². The standard InChI is InChI=1S/C12H17BrClN3O/c1-18-12(8-15)2-4-17(5-3-12)11-10(14)6-9(13)7-16-11/h6-7H,2-5,8,15H2,1H3. The second-order valence-corrected chi connectivity index (χ2v) is 5.86. The first-order valence-corrected chi connectivity index (χ1v) is 7.08. The molecule has 100 valence electrons. The number of nitrogens with zero attached hydrogens (tertiary/aromatic N) is 2. The summed E-state index contributed by atoms with van der Waals surface area (Å²) < 4.78 is 6.44. The number of piperidine rings is 1. The first-order chi connectivity index (χ1) is 8.60. The van der Waals surface area contributed by atoms with Gasteiger partial charge in [-0.3, -0.25) is 0 Å². The average molecular weight is 335 g/mol. The van der Waals surface area contributed by atoms with Crippen molar-refractivity contribution in [3.63, 3.8) is 0 Å². The molecule has 1 aliphatic heterocycles. The fourth-order valence-corrected chi connectivity index (χ4v) is 3.01. The summed E-state index contributed by atoms with van der Waals surface area (Å²) in [4.78, 5) is 6.56. The number of ether oxygens (including phenoxy) is 1. The zero-order valence-electron chi connectivity index (χ0n) is 10.3. The van der Waals surface area contributed by atoms with E-state index in [1.807, 2.05) is 6.07 Å². The third kappa shape index (κ3) is 2.79. The van der Waals surface area contributed by atoms with E-state index in [0.717, 1.165) is 36.2 Å². The molecule has 0 spiro atoms. The Morgan fingerprint density at radius 2 is 2.22 bits per heavy atom. The molecule has 0 saturated carbocycles. The number of aromatic nitrogens is 1. The second-order valence-electron chi connectivity index (χ2n) is 4.54. The Labute approximate surface area is 121 Å². The van der Waals surface area contributed by atoms with Crippen LogP contribution in [0, 0.1) is 0 Å². The molecule has 0 radical (unpaired) electrons. The highest BCUT2D eigenvalue weighted by Gasteiger charge is 2.34. The monoisotopic (exact) mass is 333 g/mol. The maximum Gasteiger partial charge on any atom is 0.147 e. The van der Waals surface area contributed by atoms with Gasteiger partial charge in [-0.1, -0.05) is 11.6 Å². The highest BCUT2D eigenvalue weighted by atomic mass is 79.9. The zero-order valence-corrected chi connectivity index (χ0v) is 12.7. The molecule has 1 aromatic rings. The summed E-state index contributed by atoms with van der Waals surface area (Å²) in [6, 6.07) is 1.87. The van der Waals surface area contributed by atoms with Crippen molar-refractivity contribution >= 4 is 33.3 Å². The molecule has 1 fully saturated rings. The smallest absolute Gasteiger partial charge is 0.147 e. The first-order valence-electron chi connectivity index (χ1n) is 5.91. The fraction of sp³-hybridized carbons (Fsp3) is 0.583. The van der Waals surface area contributed by atoms with Gasteiger partial charge in [-0.25, -0.2) is 4.98 Å². The van der Waals surface area contributed by atoms with Crippen molar-refractivity contribution in [2.75, 3.05) is 31.6 Å². The SMILES string of the molecule is COC1(CN)CCN(c2ncc(Br)cc2Cl)CC1. The molecular formula is C12H17BrClN3O. The van der Waals surface area contributed by atoms with Crippen molar-refractivity contribution in [1.29, 1.82) is 0 Å². The summed E-state index contributed by atoms with van der Waals surface area (Å²) >= 11 is 9.57. The molecule has 2 N–H and O–H groups in total. The number of nitrogens with two attached hydrogens (primary N) is 1. The van der Waals surface area contributed by atoms with Crippen LogP contribution in [0.1, 0.15) is 12.8 Å². The Morgan fingerprint density at radius 1 is 1.56 bits per heavy atom. The van der Waals surface area contributed by atoms with Crippen molar-refractivity contribution in [2.45, 2.75) is 18.4 Å². The van der Waals surface area contributed by atoms with Gasteiger partial charge in [0.25, 0.3) is 0 Å². The van der Waals surface area contributed by atoms with E-state index in [1.54, 1.807) is 13.3 Å². The lowest BCUT2D eigenvalue weighted by Gasteiger charge is -2.40. The second kappa shape index (κ2) is 5.74. The van der Waals surface area contributed by atoms with E-state index in [9.17, 15) is 0 Å². The van der Waals surface area contributed by atoms with E-state index in [1.165, 1.54) is 0 Å². The van der Waals surface area contributed by atoms with E-state index < -0.39 is 0 Å². The lowest BCUT2D eigenvalue weighted by atomic mass is 9.91. The van der Waals surface area contributed by atoms with E-state index >= 15 is 0 Å². The number of rotatable bonds is 3. The molecule has 4 nitrogen and oxygen atoms in total. The Balaban J connectivity index is 2.10. The van der Waals surface area contributed by atoms with Gasteiger partial charge in [-0.15, -0.1) is 0 Å². The molecule has 2 heterocycles. The normalized spacial score (nSPS) is 19.0. The zero-order chi connectivity index (χ0) is 13.2. The number of pyridine rings is 1. The molecule has 1 aliphatic rings.